The number of carbonyl (C=O) groups excluding carboxylic acids is 2. The van der Waals surface area contributed by atoms with Gasteiger partial charge >= 0.3 is 0 Å². The molecule has 1 aromatic rings. The topological polar surface area (TPSA) is 55.8 Å². The van der Waals surface area contributed by atoms with E-state index in [4.69, 9.17) is 15.9 Å². The Morgan fingerprint density at radius 1 is 1.09 bits per heavy atom. The maximum absolute atomic E-state index is 13.3. The second-order valence-electron chi connectivity index (χ2n) is 8.39. The molecule has 6 heteroatoms. The molecule has 1 aromatic carbocycles. The van der Waals surface area contributed by atoms with Crippen LogP contribution in [0.2, 0.25) is 0 Å². The lowest BCUT2D eigenvalue weighted by molar-refractivity contribution is -0.117. The first kappa shape index (κ1) is 22.9. The number of terminal acetylenes is 1. The van der Waals surface area contributed by atoms with Crippen molar-refractivity contribution in [3.05, 3.63) is 43.8 Å². The van der Waals surface area contributed by atoms with Gasteiger partial charge in [-0.05, 0) is 72.4 Å². The quantitative estimate of drug-likeness (QED) is 0.367. The van der Waals surface area contributed by atoms with Gasteiger partial charge in [0.1, 0.15) is 6.61 Å². The summed E-state index contributed by atoms with van der Waals surface area (Å²) in [5.41, 5.74) is 4.73. The number of hydrogen-bond acceptors (Lipinski definition) is 5. The van der Waals surface area contributed by atoms with Crippen LogP contribution in [0.1, 0.15) is 63.4 Å². The Kier molecular flexibility index (Phi) is 6.94. The molecule has 1 heterocycles. The molecule has 3 aliphatic rings. The Morgan fingerprint density at radius 2 is 1.72 bits per heavy atom. The summed E-state index contributed by atoms with van der Waals surface area (Å²) in [5, 5.41) is 0. The molecule has 2 aliphatic carbocycles. The van der Waals surface area contributed by atoms with Crippen LogP contribution in [0.5, 0.6) is 11.5 Å². The molecule has 0 unspecified atom stereocenters. The number of Topliss-reactive ketones (excluding diaryl/α,β-unsaturated/α-hetero) is 2. The van der Waals surface area contributed by atoms with E-state index in [0.717, 1.165) is 70.3 Å². The van der Waals surface area contributed by atoms with Gasteiger partial charge in [-0.2, -0.15) is 0 Å². The van der Waals surface area contributed by atoms with E-state index in [2.05, 4.69) is 40.3 Å². The molecular weight excluding hydrogens is 517 g/mol. The normalized spacial score (nSPS) is 19.0. The first-order valence-electron chi connectivity index (χ1n) is 11.3. The van der Waals surface area contributed by atoms with E-state index in [-0.39, 0.29) is 24.1 Å². The number of rotatable bonds is 6. The molecule has 168 valence electrons. The van der Waals surface area contributed by atoms with Gasteiger partial charge in [0, 0.05) is 47.8 Å². The minimum absolute atomic E-state index is 0.142. The molecule has 0 N–H and O–H groups in total. The third kappa shape index (κ3) is 3.96. The summed E-state index contributed by atoms with van der Waals surface area (Å²) in [6.45, 7) is 3.12. The summed E-state index contributed by atoms with van der Waals surface area (Å²) in [6.07, 6.45) is 10.9. The van der Waals surface area contributed by atoms with Crippen LogP contribution >= 0.6 is 22.6 Å². The zero-order valence-electron chi connectivity index (χ0n) is 18.6. The molecule has 0 saturated carbocycles. The summed E-state index contributed by atoms with van der Waals surface area (Å²) >= 11 is 2.21. The van der Waals surface area contributed by atoms with E-state index in [0.29, 0.717) is 24.3 Å². The number of ketones is 2. The van der Waals surface area contributed by atoms with Crippen molar-refractivity contribution in [1.29, 1.82) is 0 Å². The maximum Gasteiger partial charge on any atom is 0.175 e. The first-order chi connectivity index (χ1) is 15.5. The number of halogens is 1. The van der Waals surface area contributed by atoms with Gasteiger partial charge in [-0.3, -0.25) is 9.59 Å². The van der Waals surface area contributed by atoms with Crippen molar-refractivity contribution in [3.8, 4) is 23.8 Å². The highest BCUT2D eigenvalue weighted by Crippen LogP contribution is 2.50. The van der Waals surface area contributed by atoms with Crippen LogP contribution in [-0.4, -0.2) is 36.7 Å². The molecule has 5 nitrogen and oxygen atoms in total. The molecule has 0 radical (unpaired) electrons. The molecule has 0 amide bonds. The van der Waals surface area contributed by atoms with Gasteiger partial charge in [-0.25, -0.2) is 0 Å². The van der Waals surface area contributed by atoms with Gasteiger partial charge in [0.05, 0.1) is 10.7 Å². The van der Waals surface area contributed by atoms with Crippen LogP contribution in [0, 0.1) is 15.9 Å². The SMILES string of the molecule is C#CCOc1c(I)cc(C2C3=C(CCCC3=O)N(CCC)C3=C2C(=O)CCC3)cc1OC. The van der Waals surface area contributed by atoms with Gasteiger partial charge in [-0.15, -0.1) is 6.42 Å². The first-order valence-corrected chi connectivity index (χ1v) is 12.3. The third-order valence-electron chi connectivity index (χ3n) is 6.42. The van der Waals surface area contributed by atoms with E-state index in [9.17, 15) is 9.59 Å². The number of hydrogen-bond donors (Lipinski definition) is 0. The average Bonchev–Trinajstić information content (AvgIpc) is 2.78. The van der Waals surface area contributed by atoms with Gasteiger partial charge < -0.3 is 14.4 Å². The predicted octanol–water partition coefficient (Wildman–Crippen LogP) is 5.14. The Labute approximate surface area is 203 Å². The molecule has 32 heavy (non-hydrogen) atoms. The van der Waals surface area contributed by atoms with Gasteiger partial charge in [0.15, 0.2) is 23.1 Å². The van der Waals surface area contributed by atoms with Crippen molar-refractivity contribution in [2.45, 2.75) is 57.8 Å². The standard InChI is InChI=1S/C26H28INO4/c1-4-12-28-18-8-6-10-20(29)24(18)23(25-19(28)9-7-11-21(25)30)16-14-17(27)26(32-13-5-2)22(15-16)31-3/h2,14-15,23H,4,6-13H2,1,3H3. The highest BCUT2D eigenvalue weighted by Gasteiger charge is 2.43. The molecule has 0 bridgehead atoms. The highest BCUT2D eigenvalue weighted by molar-refractivity contribution is 14.1. The van der Waals surface area contributed by atoms with E-state index in [1.54, 1.807) is 7.11 Å². The zero-order chi connectivity index (χ0) is 22.8. The molecule has 0 atom stereocenters. The molecule has 0 fully saturated rings. The Balaban J connectivity index is 1.93. The lowest BCUT2D eigenvalue weighted by Gasteiger charge is -2.44. The minimum atomic E-state index is -0.349. The van der Waals surface area contributed by atoms with Crippen LogP contribution in [0.15, 0.2) is 34.7 Å². The van der Waals surface area contributed by atoms with Crippen molar-refractivity contribution < 1.29 is 19.1 Å². The second kappa shape index (κ2) is 9.70. The van der Waals surface area contributed by atoms with E-state index >= 15 is 0 Å². The molecule has 1 aliphatic heterocycles. The number of carbonyl (C=O) groups is 2. The van der Waals surface area contributed by atoms with Gasteiger partial charge in [-0.1, -0.05) is 12.8 Å². The van der Waals surface area contributed by atoms with Crippen molar-refractivity contribution in [2.24, 2.45) is 0 Å². The minimum Gasteiger partial charge on any atom is -0.493 e. The fraction of sp³-hybridized carbons (Fsp3) is 0.462. The summed E-state index contributed by atoms with van der Waals surface area (Å²) < 4.78 is 12.2. The fourth-order valence-corrected chi connectivity index (χ4v) is 5.98. The summed E-state index contributed by atoms with van der Waals surface area (Å²) in [4.78, 5) is 28.9. The maximum atomic E-state index is 13.3. The van der Waals surface area contributed by atoms with E-state index < -0.39 is 0 Å². The number of allylic oxidation sites excluding steroid dienone is 4. The summed E-state index contributed by atoms with van der Waals surface area (Å²) in [7, 11) is 1.59. The molecule has 0 aromatic heterocycles. The molecule has 4 rings (SSSR count). The van der Waals surface area contributed by atoms with Crippen molar-refractivity contribution in [2.75, 3.05) is 20.3 Å². The van der Waals surface area contributed by atoms with Crippen LogP contribution < -0.4 is 9.47 Å². The Bertz CT molecular complexity index is 1020. The van der Waals surface area contributed by atoms with Gasteiger partial charge in [0.2, 0.25) is 0 Å². The van der Waals surface area contributed by atoms with E-state index in [1.807, 2.05) is 12.1 Å². The highest BCUT2D eigenvalue weighted by atomic mass is 127. The average molecular weight is 545 g/mol. The lowest BCUT2D eigenvalue weighted by atomic mass is 9.71. The largest absolute Gasteiger partial charge is 0.493 e. The molecule has 0 saturated heterocycles. The lowest BCUT2D eigenvalue weighted by Crippen LogP contribution is -2.39. The van der Waals surface area contributed by atoms with Gasteiger partial charge in [0.25, 0.3) is 0 Å². The van der Waals surface area contributed by atoms with Crippen LogP contribution in [0.25, 0.3) is 0 Å². The summed E-state index contributed by atoms with van der Waals surface area (Å²) in [5.74, 6) is 3.60. The monoisotopic (exact) mass is 545 g/mol. The predicted molar refractivity (Wildman–Crippen MR) is 132 cm³/mol. The summed E-state index contributed by atoms with van der Waals surface area (Å²) in [6, 6.07) is 3.92. The van der Waals surface area contributed by atoms with Crippen LogP contribution in [0.3, 0.4) is 0 Å². The van der Waals surface area contributed by atoms with Crippen LogP contribution in [0.4, 0.5) is 0 Å². The van der Waals surface area contributed by atoms with Crippen molar-refractivity contribution in [1.82, 2.24) is 4.90 Å². The van der Waals surface area contributed by atoms with Crippen LogP contribution in [-0.2, 0) is 9.59 Å². The molecule has 0 spiro atoms. The third-order valence-corrected chi connectivity index (χ3v) is 7.22. The Morgan fingerprint density at radius 3 is 2.25 bits per heavy atom. The number of methoxy groups -OCH3 is 1. The second-order valence-corrected chi connectivity index (χ2v) is 9.55. The Hall–Kier alpha value is -2.27. The number of ether oxygens (including phenoxy) is 2. The van der Waals surface area contributed by atoms with Crippen molar-refractivity contribution >= 4 is 34.2 Å². The zero-order valence-corrected chi connectivity index (χ0v) is 20.8. The van der Waals surface area contributed by atoms with E-state index in [1.165, 1.54) is 0 Å². The fourth-order valence-electron chi connectivity index (χ4n) is 5.20. The van der Waals surface area contributed by atoms with Crippen molar-refractivity contribution in [3.63, 3.8) is 0 Å². The number of nitrogens with zero attached hydrogens (tertiary/aromatic N) is 1. The number of benzene rings is 1. The smallest absolute Gasteiger partial charge is 0.175 e. The molecular formula is C26H28INO4.